The summed E-state index contributed by atoms with van der Waals surface area (Å²) in [6, 6.07) is 11.8. The number of hydrogen-bond acceptors (Lipinski definition) is 2. The molecule has 0 saturated heterocycles. The minimum Gasteiger partial charge on any atom is -0.392 e. The second kappa shape index (κ2) is 5.07. The van der Waals surface area contributed by atoms with Crippen molar-refractivity contribution in [3.8, 4) is 17.3 Å². The fraction of sp³-hybridized carbons (Fsp3) is 0.267. The number of nitriles is 1. The summed E-state index contributed by atoms with van der Waals surface area (Å²) >= 11 is 0. The fourth-order valence-corrected chi connectivity index (χ4v) is 2.20. The Kier molecular flexibility index (Phi) is 3.50. The van der Waals surface area contributed by atoms with Gasteiger partial charge >= 0.3 is 0 Å². The third-order valence-corrected chi connectivity index (χ3v) is 3.22. The first-order valence-corrected chi connectivity index (χ1v) is 6.00. The lowest BCUT2D eigenvalue weighted by atomic mass is 10.1. The summed E-state index contributed by atoms with van der Waals surface area (Å²) in [5, 5.41) is 18.2. The van der Waals surface area contributed by atoms with Gasteiger partial charge in [-0.3, -0.25) is 0 Å². The summed E-state index contributed by atoms with van der Waals surface area (Å²) in [4.78, 5) is 0. The van der Waals surface area contributed by atoms with Crippen molar-refractivity contribution in [2.24, 2.45) is 7.05 Å². The number of aliphatic hydroxyl groups excluding tert-OH is 1. The summed E-state index contributed by atoms with van der Waals surface area (Å²) in [5.41, 5.74) is 4.67. The largest absolute Gasteiger partial charge is 0.392 e. The Morgan fingerprint density at radius 1 is 1.28 bits per heavy atom. The number of nitrogens with zero attached hydrogens (tertiary/aromatic N) is 2. The highest BCUT2D eigenvalue weighted by Crippen LogP contribution is 2.27. The Labute approximate surface area is 107 Å². The van der Waals surface area contributed by atoms with Gasteiger partial charge in [0.1, 0.15) is 6.07 Å². The van der Waals surface area contributed by atoms with Gasteiger partial charge in [0.05, 0.1) is 17.9 Å². The Bertz CT molecular complexity index is 588. The van der Waals surface area contributed by atoms with E-state index in [0.717, 1.165) is 28.9 Å². The van der Waals surface area contributed by atoms with Gasteiger partial charge < -0.3 is 9.67 Å². The molecule has 3 heteroatoms. The number of aliphatic hydroxyl groups is 1. The summed E-state index contributed by atoms with van der Waals surface area (Å²) in [5.74, 6) is 0. The Balaban J connectivity index is 2.55. The zero-order valence-corrected chi connectivity index (χ0v) is 10.6. The Morgan fingerprint density at radius 3 is 2.44 bits per heavy atom. The van der Waals surface area contributed by atoms with Crippen molar-refractivity contribution >= 4 is 0 Å². The molecular weight excluding hydrogens is 224 g/mol. The van der Waals surface area contributed by atoms with Gasteiger partial charge in [0.2, 0.25) is 0 Å². The zero-order valence-electron chi connectivity index (χ0n) is 10.6. The van der Waals surface area contributed by atoms with E-state index in [-0.39, 0.29) is 6.61 Å². The molecule has 0 aliphatic heterocycles. The van der Waals surface area contributed by atoms with Gasteiger partial charge in [0.25, 0.3) is 0 Å². The molecule has 1 aromatic heterocycles. The molecule has 2 aromatic rings. The van der Waals surface area contributed by atoms with Crippen LogP contribution < -0.4 is 0 Å². The van der Waals surface area contributed by atoms with Crippen LogP contribution in [-0.4, -0.2) is 9.67 Å². The Morgan fingerprint density at radius 2 is 1.94 bits per heavy atom. The molecule has 92 valence electrons. The van der Waals surface area contributed by atoms with Crippen molar-refractivity contribution in [3.63, 3.8) is 0 Å². The minimum absolute atomic E-state index is 0.0404. The van der Waals surface area contributed by atoms with Gasteiger partial charge in [0.15, 0.2) is 0 Å². The van der Waals surface area contributed by atoms with Gasteiger partial charge in [-0.2, -0.15) is 5.26 Å². The lowest BCUT2D eigenvalue weighted by Crippen LogP contribution is -1.97. The van der Waals surface area contributed by atoms with Crippen LogP contribution in [0, 0.1) is 11.3 Å². The zero-order chi connectivity index (χ0) is 13.1. The highest BCUT2D eigenvalue weighted by atomic mass is 16.3. The van der Waals surface area contributed by atoms with Gasteiger partial charge in [0, 0.05) is 12.7 Å². The van der Waals surface area contributed by atoms with E-state index in [1.165, 1.54) is 0 Å². The average molecular weight is 240 g/mol. The first kappa shape index (κ1) is 12.4. The van der Waals surface area contributed by atoms with Crippen molar-refractivity contribution in [3.05, 3.63) is 47.2 Å². The second-order valence-corrected chi connectivity index (χ2v) is 4.28. The fourth-order valence-electron chi connectivity index (χ4n) is 2.20. The molecule has 1 aromatic carbocycles. The predicted octanol–water partition coefficient (Wildman–Crippen LogP) is 2.62. The smallest absolute Gasteiger partial charge is 0.101 e. The van der Waals surface area contributed by atoms with Crippen molar-refractivity contribution in [1.82, 2.24) is 4.57 Å². The van der Waals surface area contributed by atoms with Crippen molar-refractivity contribution in [2.75, 3.05) is 0 Å². The highest BCUT2D eigenvalue weighted by molar-refractivity contribution is 5.69. The van der Waals surface area contributed by atoms with Crippen LogP contribution in [0.4, 0.5) is 0 Å². The molecule has 0 bridgehead atoms. The van der Waals surface area contributed by atoms with E-state index >= 15 is 0 Å². The third kappa shape index (κ3) is 2.03. The normalized spacial score (nSPS) is 10.3. The van der Waals surface area contributed by atoms with Crippen molar-refractivity contribution < 1.29 is 5.11 Å². The van der Waals surface area contributed by atoms with E-state index in [9.17, 15) is 5.26 Å². The third-order valence-electron chi connectivity index (χ3n) is 3.22. The molecule has 18 heavy (non-hydrogen) atoms. The quantitative estimate of drug-likeness (QED) is 0.896. The molecule has 0 unspecified atom stereocenters. The van der Waals surface area contributed by atoms with E-state index in [1.807, 2.05) is 37.4 Å². The summed E-state index contributed by atoms with van der Waals surface area (Å²) in [7, 11) is 1.98. The van der Waals surface area contributed by atoms with Gasteiger partial charge in [-0.25, -0.2) is 0 Å². The maximum absolute atomic E-state index is 9.21. The maximum Gasteiger partial charge on any atom is 0.101 e. The van der Waals surface area contributed by atoms with Crippen LogP contribution in [-0.2, 0) is 20.1 Å². The Hall–Kier alpha value is -2.05. The van der Waals surface area contributed by atoms with E-state index in [1.54, 1.807) is 0 Å². The van der Waals surface area contributed by atoms with Crippen LogP contribution in [0.5, 0.6) is 0 Å². The number of aryl methyl sites for hydroxylation is 1. The van der Waals surface area contributed by atoms with E-state index < -0.39 is 0 Å². The molecule has 0 fully saturated rings. The van der Waals surface area contributed by atoms with Crippen molar-refractivity contribution in [2.45, 2.75) is 20.0 Å². The SMILES string of the molecule is CCc1cc(C#N)c(-c2ccc(CO)cc2)n1C. The second-order valence-electron chi connectivity index (χ2n) is 4.28. The molecule has 0 aliphatic rings. The van der Waals surface area contributed by atoms with Crippen LogP contribution >= 0.6 is 0 Å². The molecule has 0 spiro atoms. The number of hydrogen-bond donors (Lipinski definition) is 1. The molecular formula is C15H16N2O. The maximum atomic E-state index is 9.21. The van der Waals surface area contributed by atoms with Crippen LogP contribution in [0.2, 0.25) is 0 Å². The van der Waals surface area contributed by atoms with Crippen LogP contribution in [0.3, 0.4) is 0 Å². The molecule has 0 radical (unpaired) electrons. The summed E-state index contributed by atoms with van der Waals surface area (Å²) in [6.45, 7) is 2.12. The monoisotopic (exact) mass is 240 g/mol. The molecule has 3 nitrogen and oxygen atoms in total. The van der Waals surface area contributed by atoms with E-state index in [2.05, 4.69) is 17.6 Å². The van der Waals surface area contributed by atoms with E-state index in [0.29, 0.717) is 5.56 Å². The summed E-state index contributed by atoms with van der Waals surface area (Å²) in [6.07, 6.45) is 0.903. The first-order chi connectivity index (χ1) is 8.71. The first-order valence-electron chi connectivity index (χ1n) is 6.00. The lowest BCUT2D eigenvalue weighted by molar-refractivity contribution is 0.282. The average Bonchev–Trinajstić information content (AvgIpc) is 2.75. The molecule has 0 atom stereocenters. The van der Waals surface area contributed by atoms with Gasteiger partial charge in [-0.15, -0.1) is 0 Å². The van der Waals surface area contributed by atoms with E-state index in [4.69, 9.17) is 5.11 Å². The number of aromatic nitrogens is 1. The molecule has 1 N–H and O–H groups in total. The number of rotatable bonds is 3. The highest BCUT2D eigenvalue weighted by Gasteiger charge is 2.13. The molecule has 0 amide bonds. The predicted molar refractivity (Wildman–Crippen MR) is 70.9 cm³/mol. The lowest BCUT2D eigenvalue weighted by Gasteiger charge is -2.07. The van der Waals surface area contributed by atoms with Crippen LogP contribution in [0.25, 0.3) is 11.3 Å². The van der Waals surface area contributed by atoms with Crippen LogP contribution in [0.15, 0.2) is 30.3 Å². The minimum atomic E-state index is 0.0404. The summed E-state index contributed by atoms with van der Waals surface area (Å²) < 4.78 is 2.06. The van der Waals surface area contributed by atoms with Gasteiger partial charge in [-0.1, -0.05) is 31.2 Å². The van der Waals surface area contributed by atoms with Gasteiger partial charge in [-0.05, 0) is 23.6 Å². The topological polar surface area (TPSA) is 48.9 Å². The van der Waals surface area contributed by atoms with Crippen LogP contribution in [0.1, 0.15) is 23.7 Å². The molecule has 0 saturated carbocycles. The van der Waals surface area contributed by atoms with Crippen molar-refractivity contribution in [1.29, 1.82) is 5.26 Å². The number of benzene rings is 1. The standard InChI is InChI=1S/C15H16N2O/c1-3-14-8-13(9-16)15(17(14)2)12-6-4-11(10-18)5-7-12/h4-8,18H,3,10H2,1-2H3. The molecule has 0 aliphatic carbocycles. The molecule has 2 rings (SSSR count). The molecule has 1 heterocycles.